The number of carbonyl (C=O) groups is 1. The maximum atomic E-state index is 13.1. The largest absolute Gasteiger partial charge is 0.467 e. The van der Waals surface area contributed by atoms with Gasteiger partial charge in [-0.25, -0.2) is 0 Å². The number of aryl methyl sites for hydroxylation is 1. The third-order valence-electron chi connectivity index (χ3n) is 4.46. The summed E-state index contributed by atoms with van der Waals surface area (Å²) >= 11 is 4.76. The summed E-state index contributed by atoms with van der Waals surface area (Å²) in [7, 11) is 0. The van der Waals surface area contributed by atoms with E-state index in [0.717, 1.165) is 21.2 Å². The smallest absolute Gasteiger partial charge is 0.267 e. The molecule has 2 aromatic carbocycles. The Bertz CT molecular complexity index is 1150. The van der Waals surface area contributed by atoms with Crippen LogP contribution in [0.25, 0.3) is 6.08 Å². The minimum absolute atomic E-state index is 0.115. The number of benzene rings is 2. The Balaban J connectivity index is 1.64. The zero-order valence-electron chi connectivity index (χ0n) is 16.2. The molecule has 1 aliphatic rings. The van der Waals surface area contributed by atoms with E-state index in [1.54, 1.807) is 23.4 Å². The molecule has 0 aliphatic carbocycles. The molecule has 0 unspecified atom stereocenters. The Kier molecular flexibility index (Phi) is 6.30. The monoisotopic (exact) mass is 479 g/mol. The first kappa shape index (κ1) is 20.4. The number of amides is 1. The first-order valence-corrected chi connectivity index (χ1v) is 10.9. The predicted octanol–water partition coefficient (Wildman–Crippen LogP) is 5.86. The van der Waals surface area contributed by atoms with Crippen molar-refractivity contribution in [1.82, 2.24) is 4.90 Å². The van der Waals surface area contributed by atoms with E-state index < -0.39 is 0 Å². The first-order chi connectivity index (χ1) is 14.6. The van der Waals surface area contributed by atoms with Gasteiger partial charge in [0.15, 0.2) is 5.17 Å². The van der Waals surface area contributed by atoms with Crippen molar-refractivity contribution in [3.63, 3.8) is 0 Å². The van der Waals surface area contributed by atoms with Crippen molar-refractivity contribution in [2.75, 3.05) is 0 Å². The Morgan fingerprint density at radius 3 is 2.77 bits per heavy atom. The normalized spacial score (nSPS) is 17.0. The maximum Gasteiger partial charge on any atom is 0.267 e. The number of amidine groups is 1. The SMILES string of the molecule is Cc1ccccc1/C=C1\S/C(=N/N=C\c2cccc(Br)c2)N(Cc2ccco2)C1=O. The number of halogens is 1. The molecule has 0 spiro atoms. The minimum Gasteiger partial charge on any atom is -0.467 e. The predicted molar refractivity (Wildman–Crippen MR) is 125 cm³/mol. The van der Waals surface area contributed by atoms with Gasteiger partial charge in [0.1, 0.15) is 5.76 Å². The van der Waals surface area contributed by atoms with E-state index in [1.807, 2.05) is 67.6 Å². The Hall–Kier alpha value is -2.90. The van der Waals surface area contributed by atoms with Gasteiger partial charge in [0.05, 0.1) is 23.9 Å². The number of hydrogen-bond donors (Lipinski definition) is 0. The molecule has 2 heterocycles. The van der Waals surface area contributed by atoms with Crippen molar-refractivity contribution < 1.29 is 9.21 Å². The van der Waals surface area contributed by atoms with Crippen LogP contribution < -0.4 is 0 Å². The molecule has 1 amide bonds. The third kappa shape index (κ3) is 4.80. The van der Waals surface area contributed by atoms with Crippen LogP contribution in [0.4, 0.5) is 0 Å². The second kappa shape index (κ2) is 9.28. The lowest BCUT2D eigenvalue weighted by Gasteiger charge is -2.12. The van der Waals surface area contributed by atoms with Crippen molar-refractivity contribution in [2.24, 2.45) is 10.2 Å². The van der Waals surface area contributed by atoms with Crippen molar-refractivity contribution in [3.05, 3.63) is 98.8 Å². The minimum atomic E-state index is -0.115. The molecule has 150 valence electrons. The van der Waals surface area contributed by atoms with Crippen molar-refractivity contribution >= 4 is 51.1 Å². The number of furan rings is 1. The molecule has 1 fully saturated rings. The fraction of sp³-hybridized carbons (Fsp3) is 0.0870. The fourth-order valence-corrected chi connectivity index (χ4v) is 4.24. The van der Waals surface area contributed by atoms with Crippen LogP contribution in [-0.4, -0.2) is 22.2 Å². The summed E-state index contributed by atoms with van der Waals surface area (Å²) in [4.78, 5) is 15.3. The van der Waals surface area contributed by atoms with E-state index in [-0.39, 0.29) is 5.91 Å². The van der Waals surface area contributed by atoms with Crippen molar-refractivity contribution in [3.8, 4) is 0 Å². The van der Waals surface area contributed by atoms with E-state index in [2.05, 4.69) is 26.1 Å². The molecule has 0 bridgehead atoms. The van der Waals surface area contributed by atoms with Gasteiger partial charge in [-0.3, -0.25) is 9.69 Å². The van der Waals surface area contributed by atoms with E-state index in [0.29, 0.717) is 22.4 Å². The Labute approximate surface area is 187 Å². The van der Waals surface area contributed by atoms with Gasteiger partial charge in [-0.15, -0.1) is 5.10 Å². The van der Waals surface area contributed by atoms with Crippen LogP contribution in [0.5, 0.6) is 0 Å². The van der Waals surface area contributed by atoms with E-state index >= 15 is 0 Å². The molecule has 7 heteroatoms. The highest BCUT2D eigenvalue weighted by Crippen LogP contribution is 2.34. The zero-order valence-corrected chi connectivity index (χ0v) is 18.6. The summed E-state index contributed by atoms with van der Waals surface area (Å²) in [5.41, 5.74) is 3.02. The van der Waals surface area contributed by atoms with Crippen LogP contribution in [0.15, 0.2) is 90.9 Å². The number of carbonyl (C=O) groups excluding carboxylic acids is 1. The number of thioether (sulfide) groups is 1. The summed E-state index contributed by atoms with van der Waals surface area (Å²) in [5, 5.41) is 9.05. The van der Waals surface area contributed by atoms with Gasteiger partial charge in [-0.05, 0) is 65.7 Å². The van der Waals surface area contributed by atoms with E-state index in [4.69, 9.17) is 4.42 Å². The van der Waals surface area contributed by atoms with Gasteiger partial charge < -0.3 is 4.42 Å². The van der Waals surface area contributed by atoms with E-state index in [1.165, 1.54) is 11.8 Å². The summed E-state index contributed by atoms with van der Waals surface area (Å²) in [6.07, 6.45) is 5.16. The van der Waals surface area contributed by atoms with Crippen LogP contribution in [-0.2, 0) is 11.3 Å². The second-order valence-electron chi connectivity index (χ2n) is 6.62. The summed E-state index contributed by atoms with van der Waals surface area (Å²) in [6.45, 7) is 2.32. The van der Waals surface area contributed by atoms with Gasteiger partial charge in [-0.1, -0.05) is 52.3 Å². The van der Waals surface area contributed by atoms with E-state index in [9.17, 15) is 4.79 Å². The molecular weight excluding hydrogens is 462 g/mol. The molecule has 0 atom stereocenters. The number of rotatable bonds is 5. The maximum absolute atomic E-state index is 13.1. The van der Waals surface area contributed by atoms with Gasteiger partial charge >= 0.3 is 0 Å². The van der Waals surface area contributed by atoms with Gasteiger partial charge in [-0.2, -0.15) is 5.10 Å². The highest BCUT2D eigenvalue weighted by Gasteiger charge is 2.34. The molecule has 5 nitrogen and oxygen atoms in total. The molecule has 0 N–H and O–H groups in total. The molecule has 1 saturated heterocycles. The third-order valence-corrected chi connectivity index (χ3v) is 5.95. The molecular formula is C23H18BrN3O2S. The van der Waals surface area contributed by atoms with Crippen LogP contribution in [0.3, 0.4) is 0 Å². The average molecular weight is 480 g/mol. The molecule has 1 aromatic heterocycles. The van der Waals surface area contributed by atoms with Gasteiger partial charge in [0.2, 0.25) is 0 Å². The zero-order chi connectivity index (χ0) is 20.9. The highest BCUT2D eigenvalue weighted by molar-refractivity contribution is 9.10. The lowest BCUT2D eigenvalue weighted by molar-refractivity contribution is -0.122. The molecule has 4 rings (SSSR count). The lowest BCUT2D eigenvalue weighted by atomic mass is 10.1. The number of hydrogen-bond acceptors (Lipinski definition) is 5. The Morgan fingerprint density at radius 2 is 2.00 bits per heavy atom. The van der Waals surface area contributed by atoms with Crippen molar-refractivity contribution in [2.45, 2.75) is 13.5 Å². The van der Waals surface area contributed by atoms with Crippen LogP contribution in [0, 0.1) is 6.92 Å². The average Bonchev–Trinajstić information content (AvgIpc) is 3.34. The van der Waals surface area contributed by atoms with Crippen LogP contribution >= 0.6 is 27.7 Å². The lowest BCUT2D eigenvalue weighted by Crippen LogP contribution is -2.28. The number of nitrogens with zero attached hydrogens (tertiary/aromatic N) is 3. The Morgan fingerprint density at radius 1 is 1.13 bits per heavy atom. The molecule has 30 heavy (non-hydrogen) atoms. The van der Waals surface area contributed by atoms with Gasteiger partial charge in [0, 0.05) is 4.47 Å². The first-order valence-electron chi connectivity index (χ1n) is 9.26. The van der Waals surface area contributed by atoms with Crippen molar-refractivity contribution in [1.29, 1.82) is 0 Å². The standard InChI is InChI=1S/C23H18BrN3O2S/c1-16-6-2-3-8-18(16)13-21-22(28)27(15-20-10-5-11-29-20)23(30-21)26-25-14-17-7-4-9-19(24)12-17/h2-14H,15H2,1H3/b21-13-,25-14-,26-23+. The van der Waals surface area contributed by atoms with Gasteiger partial charge in [0.25, 0.3) is 5.91 Å². The summed E-state index contributed by atoms with van der Waals surface area (Å²) in [5.74, 6) is 0.570. The summed E-state index contributed by atoms with van der Waals surface area (Å²) < 4.78 is 6.40. The summed E-state index contributed by atoms with van der Waals surface area (Å²) in [6, 6.07) is 19.4. The topological polar surface area (TPSA) is 58.2 Å². The fourth-order valence-electron chi connectivity index (χ4n) is 2.90. The molecule has 0 saturated carbocycles. The highest BCUT2D eigenvalue weighted by atomic mass is 79.9. The second-order valence-corrected chi connectivity index (χ2v) is 8.54. The molecule has 1 aliphatic heterocycles. The quantitative estimate of drug-likeness (QED) is 0.261. The van der Waals surface area contributed by atoms with Crippen LogP contribution in [0.1, 0.15) is 22.5 Å². The molecule has 3 aromatic rings. The van der Waals surface area contributed by atoms with Crippen LogP contribution in [0.2, 0.25) is 0 Å². The molecule has 0 radical (unpaired) electrons.